The molecule has 1 fully saturated rings. The molecule has 1 aliphatic heterocycles. The molecule has 1 N–H and O–H groups in total. The molecule has 1 saturated heterocycles. The Kier molecular flexibility index (Phi) is 6.78. The Morgan fingerprint density at radius 2 is 1.63 bits per heavy atom. The molecule has 0 unspecified atom stereocenters. The van der Waals surface area contributed by atoms with Gasteiger partial charge in [0.15, 0.2) is 6.61 Å². The minimum absolute atomic E-state index is 0.0447. The molecule has 1 heterocycles. The lowest BCUT2D eigenvalue weighted by Crippen LogP contribution is -2.35. The zero-order chi connectivity index (χ0) is 21.7. The highest BCUT2D eigenvalue weighted by Gasteiger charge is 2.26. The summed E-state index contributed by atoms with van der Waals surface area (Å²) in [5.41, 5.74) is -0.703. The summed E-state index contributed by atoms with van der Waals surface area (Å²) in [6, 6.07) is 8.41. The number of para-hydroxylation sites is 1. The van der Waals surface area contributed by atoms with Crippen molar-refractivity contribution in [3.05, 3.63) is 59.7 Å². The van der Waals surface area contributed by atoms with Gasteiger partial charge >= 0.3 is 5.97 Å². The second-order valence-electron chi connectivity index (χ2n) is 6.71. The molecule has 0 radical (unpaired) electrons. The van der Waals surface area contributed by atoms with Crippen molar-refractivity contribution in [2.24, 2.45) is 0 Å². The summed E-state index contributed by atoms with van der Waals surface area (Å²) in [6.45, 7) is 0.0449. The van der Waals surface area contributed by atoms with Crippen LogP contribution in [0.1, 0.15) is 29.6 Å². The number of carbonyl (C=O) groups is 2. The van der Waals surface area contributed by atoms with E-state index in [1.165, 1.54) is 28.6 Å². The molecule has 0 aromatic heterocycles. The summed E-state index contributed by atoms with van der Waals surface area (Å²) in [7, 11) is -3.74. The first-order chi connectivity index (χ1) is 14.3. The highest BCUT2D eigenvalue weighted by molar-refractivity contribution is 7.89. The van der Waals surface area contributed by atoms with Gasteiger partial charge in [-0.05, 0) is 43.2 Å². The number of hydrogen-bond donors (Lipinski definition) is 1. The number of rotatable bonds is 6. The first kappa shape index (κ1) is 21.8. The number of nitrogens with one attached hydrogen (secondary N) is 1. The summed E-state index contributed by atoms with van der Waals surface area (Å²) in [5, 5.41) is 2.00. The highest BCUT2D eigenvalue weighted by atomic mass is 32.2. The van der Waals surface area contributed by atoms with E-state index in [9.17, 15) is 26.8 Å². The van der Waals surface area contributed by atoms with Crippen molar-refractivity contribution >= 4 is 27.6 Å². The molecule has 0 aliphatic carbocycles. The van der Waals surface area contributed by atoms with Crippen molar-refractivity contribution < 1.29 is 31.5 Å². The summed E-state index contributed by atoms with van der Waals surface area (Å²) in [4.78, 5) is 24.0. The minimum atomic E-state index is -3.74. The third-order valence-corrected chi connectivity index (χ3v) is 6.48. The van der Waals surface area contributed by atoms with E-state index in [1.807, 2.05) is 5.32 Å². The summed E-state index contributed by atoms with van der Waals surface area (Å²) in [5.74, 6) is -3.81. The standard InChI is InChI=1S/C20H20F2N2O5S/c21-16-8-5-9-17(22)19(16)23-18(25)13-29-20(26)14-6-4-7-15(12-14)30(27,28)24-10-2-1-3-11-24/h4-9,12H,1-3,10-11,13H2,(H,23,25). The molecule has 0 atom stereocenters. The number of benzene rings is 2. The average Bonchev–Trinajstić information content (AvgIpc) is 2.75. The van der Waals surface area contributed by atoms with Crippen LogP contribution in [0, 0.1) is 11.6 Å². The maximum absolute atomic E-state index is 13.6. The minimum Gasteiger partial charge on any atom is -0.452 e. The molecular weight excluding hydrogens is 418 g/mol. The van der Waals surface area contributed by atoms with Crippen LogP contribution in [0.25, 0.3) is 0 Å². The number of ether oxygens (including phenoxy) is 1. The van der Waals surface area contributed by atoms with Gasteiger partial charge in [0.2, 0.25) is 10.0 Å². The Balaban J connectivity index is 1.64. The second kappa shape index (κ2) is 9.31. The van der Waals surface area contributed by atoms with Crippen LogP contribution < -0.4 is 5.32 Å². The van der Waals surface area contributed by atoms with Crippen LogP contribution >= 0.6 is 0 Å². The first-order valence-corrected chi connectivity index (χ1v) is 10.7. The van der Waals surface area contributed by atoms with Gasteiger partial charge in [-0.3, -0.25) is 4.79 Å². The van der Waals surface area contributed by atoms with Crippen molar-refractivity contribution in [1.29, 1.82) is 0 Å². The monoisotopic (exact) mass is 438 g/mol. The van der Waals surface area contributed by atoms with Crippen LogP contribution in [0.4, 0.5) is 14.5 Å². The van der Waals surface area contributed by atoms with Crippen molar-refractivity contribution in [2.75, 3.05) is 25.0 Å². The topological polar surface area (TPSA) is 92.8 Å². The number of amides is 1. The Morgan fingerprint density at radius 1 is 1.00 bits per heavy atom. The van der Waals surface area contributed by atoms with Gasteiger partial charge in [0.25, 0.3) is 5.91 Å². The van der Waals surface area contributed by atoms with E-state index in [1.54, 1.807) is 0 Å². The fourth-order valence-electron chi connectivity index (χ4n) is 3.05. The predicted molar refractivity (Wildman–Crippen MR) is 104 cm³/mol. The summed E-state index contributed by atoms with van der Waals surface area (Å²) < 4.78 is 58.8. The van der Waals surface area contributed by atoms with Crippen molar-refractivity contribution in [3.8, 4) is 0 Å². The maximum atomic E-state index is 13.6. The Hall–Kier alpha value is -2.85. The molecule has 0 bridgehead atoms. The Morgan fingerprint density at radius 3 is 2.30 bits per heavy atom. The van der Waals surface area contributed by atoms with E-state index in [-0.39, 0.29) is 10.5 Å². The van der Waals surface area contributed by atoms with Crippen molar-refractivity contribution in [2.45, 2.75) is 24.2 Å². The van der Waals surface area contributed by atoms with Gasteiger partial charge < -0.3 is 10.1 Å². The summed E-state index contributed by atoms with van der Waals surface area (Å²) in [6.07, 6.45) is 2.52. The highest BCUT2D eigenvalue weighted by Crippen LogP contribution is 2.22. The first-order valence-electron chi connectivity index (χ1n) is 9.30. The molecule has 2 aromatic rings. The van der Waals surface area contributed by atoms with Crippen LogP contribution in [0.3, 0.4) is 0 Å². The van der Waals surface area contributed by atoms with E-state index in [2.05, 4.69) is 0 Å². The van der Waals surface area contributed by atoms with E-state index in [4.69, 9.17) is 4.74 Å². The largest absolute Gasteiger partial charge is 0.452 e. The number of halogens is 2. The molecule has 1 amide bonds. The molecular formula is C20H20F2N2O5S. The number of carbonyl (C=O) groups excluding carboxylic acids is 2. The van der Waals surface area contributed by atoms with Crippen LogP contribution in [0.15, 0.2) is 47.4 Å². The van der Waals surface area contributed by atoms with Crippen LogP contribution in [-0.2, 0) is 19.6 Å². The van der Waals surface area contributed by atoms with E-state index in [0.717, 1.165) is 37.5 Å². The van der Waals surface area contributed by atoms with E-state index >= 15 is 0 Å². The van der Waals surface area contributed by atoms with E-state index in [0.29, 0.717) is 13.1 Å². The van der Waals surface area contributed by atoms with Gasteiger partial charge in [-0.15, -0.1) is 0 Å². The molecule has 3 rings (SSSR count). The van der Waals surface area contributed by atoms with Crippen molar-refractivity contribution in [3.63, 3.8) is 0 Å². The quantitative estimate of drug-likeness (QED) is 0.700. The predicted octanol–water partition coefficient (Wildman–Crippen LogP) is 2.93. The normalized spacial score (nSPS) is 14.9. The number of esters is 1. The molecule has 7 nitrogen and oxygen atoms in total. The zero-order valence-corrected chi connectivity index (χ0v) is 16.8. The van der Waals surface area contributed by atoms with Crippen LogP contribution in [-0.4, -0.2) is 44.3 Å². The molecule has 1 aliphatic rings. The Bertz CT molecular complexity index is 1030. The average molecular weight is 438 g/mol. The number of sulfonamides is 1. The number of piperidine rings is 1. The van der Waals surface area contributed by atoms with Gasteiger partial charge in [0.05, 0.1) is 10.5 Å². The molecule has 0 spiro atoms. The third-order valence-electron chi connectivity index (χ3n) is 4.58. The summed E-state index contributed by atoms with van der Waals surface area (Å²) >= 11 is 0. The van der Waals surface area contributed by atoms with Gasteiger partial charge in [-0.2, -0.15) is 4.31 Å². The smallest absolute Gasteiger partial charge is 0.338 e. The third kappa shape index (κ3) is 5.00. The zero-order valence-electron chi connectivity index (χ0n) is 15.9. The SMILES string of the molecule is O=C(COC(=O)c1cccc(S(=O)(=O)N2CCCCC2)c1)Nc1c(F)cccc1F. The van der Waals surface area contributed by atoms with Gasteiger partial charge in [0, 0.05) is 13.1 Å². The lowest BCUT2D eigenvalue weighted by Gasteiger charge is -2.25. The molecule has 30 heavy (non-hydrogen) atoms. The van der Waals surface area contributed by atoms with Gasteiger partial charge in [-0.1, -0.05) is 18.6 Å². The maximum Gasteiger partial charge on any atom is 0.338 e. The van der Waals surface area contributed by atoms with Gasteiger partial charge in [-0.25, -0.2) is 22.0 Å². The molecule has 2 aromatic carbocycles. The van der Waals surface area contributed by atoms with Crippen LogP contribution in [0.5, 0.6) is 0 Å². The van der Waals surface area contributed by atoms with E-state index < -0.39 is 45.8 Å². The molecule has 10 heteroatoms. The number of anilines is 1. The fourth-order valence-corrected chi connectivity index (χ4v) is 4.61. The number of nitrogens with zero attached hydrogens (tertiary/aromatic N) is 1. The lowest BCUT2D eigenvalue weighted by atomic mass is 10.2. The fraction of sp³-hybridized carbons (Fsp3) is 0.300. The second-order valence-corrected chi connectivity index (χ2v) is 8.65. The van der Waals surface area contributed by atoms with Crippen LogP contribution in [0.2, 0.25) is 0 Å². The molecule has 160 valence electrons. The molecule has 0 saturated carbocycles. The Labute approximate surface area is 172 Å². The van der Waals surface area contributed by atoms with Crippen molar-refractivity contribution in [1.82, 2.24) is 4.31 Å². The number of hydrogen-bond acceptors (Lipinski definition) is 5. The van der Waals surface area contributed by atoms with Gasteiger partial charge in [0.1, 0.15) is 17.3 Å². The lowest BCUT2D eigenvalue weighted by molar-refractivity contribution is -0.119.